The fraction of sp³-hybridized carbons (Fsp3) is 0.444. The van der Waals surface area contributed by atoms with E-state index < -0.39 is 6.10 Å². The summed E-state index contributed by atoms with van der Waals surface area (Å²) in [4.78, 5) is 3.86. The van der Waals surface area contributed by atoms with Crippen LogP contribution in [0.2, 0.25) is 0 Å². The Morgan fingerprint density at radius 3 is 2.42 bits per heavy atom. The van der Waals surface area contributed by atoms with Crippen LogP contribution in [0.5, 0.6) is 0 Å². The summed E-state index contributed by atoms with van der Waals surface area (Å²) in [6.07, 6.45) is 2.78. The van der Waals surface area contributed by atoms with E-state index in [9.17, 15) is 5.11 Å². The van der Waals surface area contributed by atoms with E-state index in [1.165, 1.54) is 0 Å². The van der Waals surface area contributed by atoms with Crippen molar-refractivity contribution < 1.29 is 10.2 Å². The lowest BCUT2D eigenvalue weighted by Crippen LogP contribution is -2.18. The van der Waals surface area contributed by atoms with Crippen LogP contribution in [0.1, 0.15) is 18.4 Å². The van der Waals surface area contributed by atoms with Crippen molar-refractivity contribution in [2.45, 2.75) is 18.9 Å². The van der Waals surface area contributed by atoms with Crippen LogP contribution in [0.3, 0.4) is 0 Å². The first-order valence-corrected chi connectivity index (χ1v) is 3.94. The Balaban J connectivity index is 2.80. The molecule has 12 heavy (non-hydrogen) atoms. The summed E-state index contributed by atoms with van der Waals surface area (Å²) in [5.74, 6) is -0.201. The van der Waals surface area contributed by atoms with E-state index >= 15 is 0 Å². The summed E-state index contributed by atoms with van der Waals surface area (Å²) in [5.41, 5.74) is 0.919. The van der Waals surface area contributed by atoms with Crippen molar-refractivity contribution in [2.75, 3.05) is 6.61 Å². The molecule has 0 amide bonds. The highest BCUT2D eigenvalue weighted by molar-refractivity contribution is 5.16. The van der Waals surface area contributed by atoms with Gasteiger partial charge >= 0.3 is 0 Å². The van der Waals surface area contributed by atoms with Crippen LogP contribution in [0, 0.1) is 0 Å². The first-order chi connectivity index (χ1) is 5.75. The van der Waals surface area contributed by atoms with Gasteiger partial charge in [-0.15, -0.1) is 0 Å². The molecule has 66 valence electrons. The minimum absolute atomic E-state index is 0.0400. The molecule has 0 saturated carbocycles. The topological polar surface area (TPSA) is 53.4 Å². The second-order valence-corrected chi connectivity index (χ2v) is 2.81. The van der Waals surface area contributed by atoms with Gasteiger partial charge in [0.05, 0.1) is 12.7 Å². The standard InChI is InChI=1S/C9H13NO2/c1-7(12)9(6-11)8-2-4-10-5-3-8/h2-5,7,9,11-12H,6H2,1H3. The minimum Gasteiger partial charge on any atom is -0.396 e. The van der Waals surface area contributed by atoms with E-state index in [-0.39, 0.29) is 12.5 Å². The van der Waals surface area contributed by atoms with E-state index in [0.29, 0.717) is 0 Å². The summed E-state index contributed by atoms with van der Waals surface area (Å²) < 4.78 is 0. The third-order valence-electron chi connectivity index (χ3n) is 1.91. The Labute approximate surface area is 71.7 Å². The van der Waals surface area contributed by atoms with Crippen LogP contribution in [0.4, 0.5) is 0 Å². The van der Waals surface area contributed by atoms with E-state index in [2.05, 4.69) is 4.98 Å². The molecule has 0 bridgehead atoms. The number of aliphatic hydroxyl groups is 2. The molecule has 3 nitrogen and oxygen atoms in total. The number of pyridine rings is 1. The van der Waals surface area contributed by atoms with Gasteiger partial charge in [-0.3, -0.25) is 4.98 Å². The Morgan fingerprint density at radius 1 is 1.42 bits per heavy atom. The second kappa shape index (κ2) is 4.18. The van der Waals surface area contributed by atoms with Gasteiger partial charge in [-0.2, -0.15) is 0 Å². The molecule has 2 unspecified atom stereocenters. The van der Waals surface area contributed by atoms with Gasteiger partial charge in [-0.25, -0.2) is 0 Å². The van der Waals surface area contributed by atoms with E-state index in [1.807, 2.05) is 0 Å². The van der Waals surface area contributed by atoms with Crippen molar-refractivity contribution >= 4 is 0 Å². The Bertz CT molecular complexity index is 223. The van der Waals surface area contributed by atoms with Crippen LogP contribution in [-0.2, 0) is 0 Å². The SMILES string of the molecule is CC(O)C(CO)c1ccncc1. The maximum atomic E-state index is 9.29. The lowest BCUT2D eigenvalue weighted by molar-refractivity contribution is 0.121. The third-order valence-corrected chi connectivity index (χ3v) is 1.91. The van der Waals surface area contributed by atoms with Crippen molar-refractivity contribution in [1.82, 2.24) is 4.98 Å². The van der Waals surface area contributed by atoms with Crippen molar-refractivity contribution in [3.05, 3.63) is 30.1 Å². The molecule has 0 radical (unpaired) electrons. The van der Waals surface area contributed by atoms with Crippen LogP contribution in [0.25, 0.3) is 0 Å². The molecule has 3 heteroatoms. The number of aromatic nitrogens is 1. The Kier molecular flexibility index (Phi) is 3.19. The van der Waals surface area contributed by atoms with Crippen molar-refractivity contribution in [3.63, 3.8) is 0 Å². The van der Waals surface area contributed by atoms with Crippen LogP contribution in [-0.4, -0.2) is 27.9 Å². The fourth-order valence-electron chi connectivity index (χ4n) is 1.15. The zero-order valence-electron chi connectivity index (χ0n) is 7.01. The van der Waals surface area contributed by atoms with Gasteiger partial charge < -0.3 is 10.2 Å². The van der Waals surface area contributed by atoms with Crippen molar-refractivity contribution in [2.24, 2.45) is 0 Å². The summed E-state index contributed by atoms with van der Waals surface area (Å²) in [7, 11) is 0. The largest absolute Gasteiger partial charge is 0.396 e. The number of hydrogen-bond donors (Lipinski definition) is 2. The average molecular weight is 167 g/mol. The second-order valence-electron chi connectivity index (χ2n) is 2.81. The highest BCUT2D eigenvalue weighted by Gasteiger charge is 2.15. The molecule has 0 aliphatic rings. The molecular formula is C9H13NO2. The smallest absolute Gasteiger partial charge is 0.0602 e. The maximum absolute atomic E-state index is 9.29. The highest BCUT2D eigenvalue weighted by atomic mass is 16.3. The number of aliphatic hydroxyl groups excluding tert-OH is 2. The zero-order chi connectivity index (χ0) is 8.97. The predicted molar refractivity (Wildman–Crippen MR) is 45.7 cm³/mol. The molecule has 1 rings (SSSR count). The first-order valence-electron chi connectivity index (χ1n) is 3.94. The van der Waals surface area contributed by atoms with Crippen molar-refractivity contribution in [3.8, 4) is 0 Å². The molecule has 0 aliphatic heterocycles. The van der Waals surface area contributed by atoms with Crippen LogP contribution < -0.4 is 0 Å². The lowest BCUT2D eigenvalue weighted by Gasteiger charge is -2.16. The van der Waals surface area contributed by atoms with E-state index in [4.69, 9.17) is 5.11 Å². The molecule has 0 spiro atoms. The van der Waals surface area contributed by atoms with E-state index in [1.54, 1.807) is 31.5 Å². The van der Waals surface area contributed by atoms with Gasteiger partial charge in [0.1, 0.15) is 0 Å². The molecule has 1 aromatic heterocycles. The van der Waals surface area contributed by atoms with Gasteiger partial charge in [0.15, 0.2) is 0 Å². The third kappa shape index (κ3) is 2.03. The molecule has 2 atom stereocenters. The van der Waals surface area contributed by atoms with Crippen molar-refractivity contribution in [1.29, 1.82) is 0 Å². The highest BCUT2D eigenvalue weighted by Crippen LogP contribution is 2.17. The van der Waals surface area contributed by atoms with Crippen LogP contribution >= 0.6 is 0 Å². The van der Waals surface area contributed by atoms with Gasteiger partial charge in [0, 0.05) is 18.3 Å². The summed E-state index contributed by atoms with van der Waals surface area (Å²) in [5, 5.41) is 18.3. The Morgan fingerprint density at radius 2 is 2.00 bits per heavy atom. The van der Waals surface area contributed by atoms with E-state index in [0.717, 1.165) is 5.56 Å². The molecule has 2 N–H and O–H groups in total. The fourth-order valence-corrected chi connectivity index (χ4v) is 1.15. The maximum Gasteiger partial charge on any atom is 0.0602 e. The van der Waals surface area contributed by atoms with Crippen LogP contribution in [0.15, 0.2) is 24.5 Å². The number of hydrogen-bond acceptors (Lipinski definition) is 3. The molecule has 1 aromatic rings. The Hall–Kier alpha value is -0.930. The number of nitrogens with zero attached hydrogens (tertiary/aromatic N) is 1. The normalized spacial score (nSPS) is 15.6. The molecule has 0 saturated heterocycles. The molecule has 0 fully saturated rings. The average Bonchev–Trinajstić information content (AvgIpc) is 2.07. The monoisotopic (exact) mass is 167 g/mol. The lowest BCUT2D eigenvalue weighted by atomic mass is 9.96. The molecule has 1 heterocycles. The summed E-state index contributed by atoms with van der Waals surface area (Å²) >= 11 is 0. The van der Waals surface area contributed by atoms with Gasteiger partial charge in [-0.1, -0.05) is 0 Å². The van der Waals surface area contributed by atoms with Gasteiger partial charge in [0.2, 0.25) is 0 Å². The van der Waals surface area contributed by atoms with Gasteiger partial charge in [-0.05, 0) is 24.6 Å². The predicted octanol–water partition coefficient (Wildman–Crippen LogP) is 0.538. The molecular weight excluding hydrogens is 154 g/mol. The number of rotatable bonds is 3. The first kappa shape index (κ1) is 9.16. The zero-order valence-corrected chi connectivity index (χ0v) is 7.01. The molecule has 0 aliphatic carbocycles. The summed E-state index contributed by atoms with van der Waals surface area (Å²) in [6.45, 7) is 1.63. The summed E-state index contributed by atoms with van der Waals surface area (Å²) in [6, 6.07) is 3.60. The minimum atomic E-state index is -0.530. The van der Waals surface area contributed by atoms with Gasteiger partial charge in [0.25, 0.3) is 0 Å². The quantitative estimate of drug-likeness (QED) is 0.690. The molecule has 0 aromatic carbocycles.